The van der Waals surface area contributed by atoms with Gasteiger partial charge in [-0.3, -0.25) is 18.7 Å². The Balaban J connectivity index is 1.61. The summed E-state index contributed by atoms with van der Waals surface area (Å²) in [5, 5.41) is 0.629. The van der Waals surface area contributed by atoms with E-state index in [-0.39, 0.29) is 25.5 Å². The van der Waals surface area contributed by atoms with Crippen molar-refractivity contribution in [2.75, 3.05) is 6.61 Å². The molecule has 0 aliphatic heterocycles. The highest BCUT2D eigenvalue weighted by atomic mass is 35.5. The number of carbonyl (C=O) groups excluding carboxylic acids is 1. The van der Waals surface area contributed by atoms with Crippen LogP contribution in [0.3, 0.4) is 0 Å². The molecule has 8 nitrogen and oxygen atoms in total. The van der Waals surface area contributed by atoms with E-state index in [1.54, 1.807) is 17.7 Å². The van der Waals surface area contributed by atoms with Gasteiger partial charge in [-0.25, -0.2) is 9.78 Å². The van der Waals surface area contributed by atoms with Gasteiger partial charge in [-0.1, -0.05) is 23.7 Å². The first-order valence-corrected chi connectivity index (χ1v) is 8.77. The molecule has 0 radical (unpaired) electrons. The number of aromatic nitrogens is 4. The van der Waals surface area contributed by atoms with E-state index in [4.69, 9.17) is 16.3 Å². The maximum absolute atomic E-state index is 12.3. The predicted molar refractivity (Wildman–Crippen MR) is 101 cm³/mol. The van der Waals surface area contributed by atoms with Crippen LogP contribution in [0.15, 0.2) is 40.2 Å². The van der Waals surface area contributed by atoms with E-state index >= 15 is 0 Å². The van der Waals surface area contributed by atoms with E-state index in [9.17, 15) is 14.4 Å². The standard InChI is InChI=1S/C18H19ClN4O4/c1-21-16-15(17(25)22(2)18(21)26)23(11-20-16)8-9-27-14(24)7-6-12-4-3-5-13(19)10-12/h3-5,10-11H,6-9H2,1-2H3. The molecule has 9 heteroatoms. The average molecular weight is 391 g/mol. The van der Waals surface area contributed by atoms with Crippen LogP contribution < -0.4 is 11.2 Å². The quantitative estimate of drug-likeness (QED) is 0.591. The van der Waals surface area contributed by atoms with E-state index in [1.165, 1.54) is 17.9 Å². The molecule has 0 fully saturated rings. The molecule has 3 rings (SSSR count). The minimum Gasteiger partial charge on any atom is -0.464 e. The molecule has 0 spiro atoms. The van der Waals surface area contributed by atoms with Crippen LogP contribution in [0.2, 0.25) is 5.02 Å². The van der Waals surface area contributed by atoms with Gasteiger partial charge >= 0.3 is 11.7 Å². The number of esters is 1. The lowest BCUT2D eigenvalue weighted by Gasteiger charge is -2.08. The molecule has 0 saturated heterocycles. The lowest BCUT2D eigenvalue weighted by molar-refractivity contribution is -0.143. The van der Waals surface area contributed by atoms with Crippen LogP contribution in [0.1, 0.15) is 12.0 Å². The van der Waals surface area contributed by atoms with E-state index in [0.717, 1.165) is 10.1 Å². The lowest BCUT2D eigenvalue weighted by Crippen LogP contribution is -2.37. The van der Waals surface area contributed by atoms with Crippen molar-refractivity contribution in [3.05, 3.63) is 62.0 Å². The predicted octanol–water partition coefficient (Wildman–Crippen LogP) is 1.26. The Morgan fingerprint density at radius 2 is 2.00 bits per heavy atom. The zero-order valence-electron chi connectivity index (χ0n) is 15.0. The summed E-state index contributed by atoms with van der Waals surface area (Å²) in [6.45, 7) is 0.374. The SMILES string of the molecule is Cn1c(=O)c2c(ncn2CCOC(=O)CCc2cccc(Cl)c2)n(C)c1=O. The number of carbonyl (C=O) groups is 1. The van der Waals surface area contributed by atoms with Gasteiger partial charge in [0.25, 0.3) is 5.56 Å². The zero-order valence-corrected chi connectivity index (χ0v) is 15.8. The van der Waals surface area contributed by atoms with Gasteiger partial charge in [0.2, 0.25) is 0 Å². The van der Waals surface area contributed by atoms with E-state index in [0.29, 0.717) is 22.6 Å². The number of fused-ring (bicyclic) bond motifs is 1. The molecule has 2 heterocycles. The number of halogens is 1. The summed E-state index contributed by atoms with van der Waals surface area (Å²) in [6.07, 6.45) is 2.24. The van der Waals surface area contributed by atoms with Crippen LogP contribution in [0.5, 0.6) is 0 Å². The highest BCUT2D eigenvalue weighted by Crippen LogP contribution is 2.12. The summed E-state index contributed by atoms with van der Waals surface area (Å²) in [5.41, 5.74) is 0.692. The van der Waals surface area contributed by atoms with Crippen LogP contribution in [-0.2, 0) is 36.6 Å². The topological polar surface area (TPSA) is 88.1 Å². The molecular formula is C18H19ClN4O4. The number of imidazole rings is 1. The number of aryl methyl sites for hydroxylation is 2. The maximum Gasteiger partial charge on any atom is 0.332 e. The third-order valence-corrected chi connectivity index (χ3v) is 4.55. The Bertz CT molecular complexity index is 1110. The summed E-state index contributed by atoms with van der Waals surface area (Å²) in [5.74, 6) is -0.334. The molecule has 0 aliphatic carbocycles. The summed E-state index contributed by atoms with van der Waals surface area (Å²) >= 11 is 5.92. The molecule has 3 aromatic rings. The Kier molecular flexibility index (Phi) is 5.46. The molecule has 0 unspecified atom stereocenters. The van der Waals surface area contributed by atoms with E-state index in [1.807, 2.05) is 18.2 Å². The number of hydrogen-bond acceptors (Lipinski definition) is 5. The van der Waals surface area contributed by atoms with Crippen molar-refractivity contribution in [2.45, 2.75) is 19.4 Å². The summed E-state index contributed by atoms with van der Waals surface area (Å²) in [7, 11) is 2.97. The Hall–Kier alpha value is -2.87. The minimum absolute atomic E-state index is 0.103. The van der Waals surface area contributed by atoms with Crippen molar-refractivity contribution in [3.63, 3.8) is 0 Å². The van der Waals surface area contributed by atoms with Crippen molar-refractivity contribution in [2.24, 2.45) is 14.1 Å². The normalized spacial score (nSPS) is 11.1. The van der Waals surface area contributed by atoms with Crippen LogP contribution in [0.25, 0.3) is 11.2 Å². The smallest absolute Gasteiger partial charge is 0.332 e. The van der Waals surface area contributed by atoms with Gasteiger partial charge in [0.1, 0.15) is 6.61 Å². The van der Waals surface area contributed by atoms with Crippen molar-refractivity contribution in [1.82, 2.24) is 18.7 Å². The number of nitrogens with zero attached hydrogens (tertiary/aromatic N) is 4. The largest absolute Gasteiger partial charge is 0.464 e. The van der Waals surface area contributed by atoms with Gasteiger partial charge in [0.05, 0.1) is 12.9 Å². The second-order valence-corrected chi connectivity index (χ2v) is 6.60. The Morgan fingerprint density at radius 1 is 1.22 bits per heavy atom. The van der Waals surface area contributed by atoms with Crippen LogP contribution >= 0.6 is 11.6 Å². The van der Waals surface area contributed by atoms with Crippen molar-refractivity contribution in [3.8, 4) is 0 Å². The van der Waals surface area contributed by atoms with Crippen LogP contribution in [-0.4, -0.2) is 31.3 Å². The Labute approximate surface area is 159 Å². The molecule has 0 atom stereocenters. The molecule has 142 valence electrons. The molecule has 0 aliphatic rings. The molecule has 0 saturated carbocycles. The average Bonchev–Trinajstić information content (AvgIpc) is 3.07. The molecule has 0 N–H and O–H groups in total. The first kappa shape index (κ1) is 18.9. The molecular weight excluding hydrogens is 372 g/mol. The third kappa shape index (κ3) is 3.95. The second kappa shape index (κ2) is 7.79. The fourth-order valence-electron chi connectivity index (χ4n) is 2.84. The monoisotopic (exact) mass is 390 g/mol. The summed E-state index contributed by atoms with van der Waals surface area (Å²) in [4.78, 5) is 40.3. The first-order chi connectivity index (χ1) is 12.9. The second-order valence-electron chi connectivity index (χ2n) is 6.17. The van der Waals surface area contributed by atoms with Crippen LogP contribution in [0, 0.1) is 0 Å². The van der Waals surface area contributed by atoms with Crippen molar-refractivity contribution >= 4 is 28.7 Å². The fraction of sp³-hybridized carbons (Fsp3) is 0.333. The van der Waals surface area contributed by atoms with E-state index < -0.39 is 11.2 Å². The fourth-order valence-corrected chi connectivity index (χ4v) is 3.05. The maximum atomic E-state index is 12.3. The molecule has 27 heavy (non-hydrogen) atoms. The lowest BCUT2D eigenvalue weighted by atomic mass is 10.1. The highest BCUT2D eigenvalue weighted by Gasteiger charge is 2.14. The van der Waals surface area contributed by atoms with Crippen LogP contribution in [0.4, 0.5) is 0 Å². The van der Waals surface area contributed by atoms with Gasteiger partial charge in [0.15, 0.2) is 11.2 Å². The number of hydrogen-bond donors (Lipinski definition) is 0. The summed E-state index contributed by atoms with van der Waals surface area (Å²) < 4.78 is 9.16. The number of ether oxygens (including phenoxy) is 1. The van der Waals surface area contributed by atoms with Gasteiger partial charge in [-0.05, 0) is 24.1 Å². The molecule has 0 bridgehead atoms. The highest BCUT2D eigenvalue weighted by molar-refractivity contribution is 6.30. The van der Waals surface area contributed by atoms with Gasteiger partial charge in [-0.2, -0.15) is 0 Å². The molecule has 0 amide bonds. The third-order valence-electron chi connectivity index (χ3n) is 4.32. The first-order valence-electron chi connectivity index (χ1n) is 8.39. The molecule has 2 aromatic heterocycles. The zero-order chi connectivity index (χ0) is 19.6. The van der Waals surface area contributed by atoms with Gasteiger partial charge in [0, 0.05) is 25.5 Å². The summed E-state index contributed by atoms with van der Waals surface area (Å²) in [6, 6.07) is 7.32. The Morgan fingerprint density at radius 3 is 2.74 bits per heavy atom. The number of benzene rings is 1. The van der Waals surface area contributed by atoms with Crippen molar-refractivity contribution in [1.29, 1.82) is 0 Å². The minimum atomic E-state index is -0.440. The van der Waals surface area contributed by atoms with E-state index in [2.05, 4.69) is 4.98 Å². The van der Waals surface area contributed by atoms with Gasteiger partial charge < -0.3 is 9.30 Å². The van der Waals surface area contributed by atoms with Crippen molar-refractivity contribution < 1.29 is 9.53 Å². The van der Waals surface area contributed by atoms with Gasteiger partial charge in [-0.15, -0.1) is 0 Å². The molecule has 1 aromatic carbocycles. The number of rotatable bonds is 6.